The average Bonchev–Trinajstić information content (AvgIpc) is 3.81. The maximum absolute atomic E-state index is 2.52. The van der Waals surface area contributed by atoms with Gasteiger partial charge in [0.05, 0.1) is 0 Å². The minimum absolute atomic E-state index is 0.0295. The highest BCUT2D eigenvalue weighted by Gasteiger charge is 2.41. The normalized spacial score (nSPS) is 16.6. The SMILES string of the molecule is Cc1cc2c(cc1-c1ccc3c(c1)C(C)(C)c1cc(C)c(-c4cc5c(cc4C)C(C)(C)c4cc(-c6cc7c(cc6C)-c6ccccc6C7(C)C)ccc4-5)cc1-3)C(C)(C)c1ccccc1-2. The second-order valence-corrected chi connectivity index (χ2v) is 22.0. The second-order valence-electron chi connectivity index (χ2n) is 22.0. The summed E-state index contributed by atoms with van der Waals surface area (Å²) in [7, 11) is 0. The van der Waals surface area contributed by atoms with Crippen LogP contribution >= 0.6 is 0 Å². The van der Waals surface area contributed by atoms with Gasteiger partial charge in [0.1, 0.15) is 0 Å². The lowest BCUT2D eigenvalue weighted by atomic mass is 9.78. The van der Waals surface area contributed by atoms with Crippen molar-refractivity contribution in [1.29, 1.82) is 0 Å². The second kappa shape index (κ2) is 12.7. The Bertz CT molecular complexity index is 3180. The number of aryl methyl sites for hydroxylation is 4. The average molecular weight is 827 g/mol. The molecule has 0 aliphatic heterocycles. The quantitative estimate of drug-likeness (QED) is 0.166. The van der Waals surface area contributed by atoms with Gasteiger partial charge in [0, 0.05) is 21.7 Å². The molecule has 0 unspecified atom stereocenters. The van der Waals surface area contributed by atoms with Crippen molar-refractivity contribution in [3.63, 3.8) is 0 Å². The monoisotopic (exact) mass is 826 g/mol. The first-order chi connectivity index (χ1) is 30.4. The molecule has 0 amide bonds. The van der Waals surface area contributed by atoms with E-state index in [9.17, 15) is 0 Å². The Hall–Kier alpha value is -6.24. The Morgan fingerprint density at radius 2 is 0.516 bits per heavy atom. The minimum Gasteiger partial charge on any atom is -0.0619 e. The Balaban J connectivity index is 0.927. The van der Waals surface area contributed by atoms with Gasteiger partial charge in [0.15, 0.2) is 0 Å². The summed E-state index contributed by atoms with van der Waals surface area (Å²) >= 11 is 0. The molecule has 0 saturated carbocycles. The van der Waals surface area contributed by atoms with Crippen LogP contribution in [0.15, 0.2) is 133 Å². The molecule has 0 nitrogen and oxygen atoms in total. The van der Waals surface area contributed by atoms with Gasteiger partial charge in [-0.05, 0) is 209 Å². The lowest BCUT2D eigenvalue weighted by Crippen LogP contribution is -2.16. The van der Waals surface area contributed by atoms with E-state index in [-0.39, 0.29) is 21.7 Å². The maximum Gasteiger partial charge on any atom is 0.0159 e. The molecule has 0 atom stereocenters. The standard InChI is InChI=1S/C64H58/c1-35-25-49-41-17-13-15-19-53(41)61(5,6)59(49)33-45(35)39-21-23-43-51-31-47(37(3)27-55(51)63(9,10)57(43)29-39)48-32-52-44-24-22-40(30-58(44)64(11,12)56(52)28-38(48)4)46-34-60-50(26-36(46)2)42-18-14-16-20-54(42)62(60,7)8/h13-34H,1-12H3. The van der Waals surface area contributed by atoms with E-state index in [1.807, 2.05) is 0 Å². The van der Waals surface area contributed by atoms with Crippen molar-refractivity contribution in [1.82, 2.24) is 0 Å². The Morgan fingerprint density at radius 3 is 0.922 bits per heavy atom. The minimum atomic E-state index is -0.116. The van der Waals surface area contributed by atoms with E-state index >= 15 is 0 Å². The molecular weight excluding hydrogens is 769 g/mol. The third kappa shape index (κ3) is 5.06. The fraction of sp³-hybridized carbons (Fsp3) is 0.250. The van der Waals surface area contributed by atoms with Crippen molar-refractivity contribution in [2.24, 2.45) is 0 Å². The van der Waals surface area contributed by atoms with Crippen LogP contribution in [0.4, 0.5) is 0 Å². The molecule has 0 aromatic heterocycles. The predicted octanol–water partition coefficient (Wildman–Crippen LogP) is 17.1. The van der Waals surface area contributed by atoms with Gasteiger partial charge in [-0.2, -0.15) is 0 Å². The van der Waals surface area contributed by atoms with Gasteiger partial charge in [-0.1, -0.05) is 152 Å². The number of benzene rings is 8. The van der Waals surface area contributed by atoms with E-state index in [0.717, 1.165) is 0 Å². The van der Waals surface area contributed by atoms with Crippen LogP contribution in [0.5, 0.6) is 0 Å². The molecule has 0 saturated heterocycles. The zero-order chi connectivity index (χ0) is 44.6. The van der Waals surface area contributed by atoms with Crippen molar-refractivity contribution >= 4 is 0 Å². The number of rotatable bonds is 3. The van der Waals surface area contributed by atoms with Gasteiger partial charge >= 0.3 is 0 Å². The highest BCUT2D eigenvalue weighted by Crippen LogP contribution is 2.56. The smallest absolute Gasteiger partial charge is 0.0159 e. The molecule has 314 valence electrons. The van der Waals surface area contributed by atoms with Crippen LogP contribution in [-0.4, -0.2) is 0 Å². The van der Waals surface area contributed by atoms with Crippen molar-refractivity contribution in [3.05, 3.63) is 200 Å². The van der Waals surface area contributed by atoms with E-state index in [4.69, 9.17) is 0 Å². The lowest BCUT2D eigenvalue weighted by Gasteiger charge is -2.25. The van der Waals surface area contributed by atoms with Gasteiger partial charge in [-0.15, -0.1) is 0 Å². The molecule has 0 spiro atoms. The van der Waals surface area contributed by atoms with Gasteiger partial charge in [-0.3, -0.25) is 0 Å². The summed E-state index contributed by atoms with van der Waals surface area (Å²) in [5, 5.41) is 0. The molecule has 0 radical (unpaired) electrons. The summed E-state index contributed by atoms with van der Waals surface area (Å²) in [4.78, 5) is 0. The molecule has 0 N–H and O–H groups in total. The molecule has 8 aromatic rings. The zero-order valence-corrected chi connectivity index (χ0v) is 39.7. The summed E-state index contributed by atoms with van der Waals surface area (Å²) < 4.78 is 0. The summed E-state index contributed by atoms with van der Waals surface area (Å²) in [6.07, 6.45) is 0. The summed E-state index contributed by atoms with van der Waals surface area (Å²) in [6.45, 7) is 28.5. The Labute approximate surface area is 381 Å². The molecule has 64 heavy (non-hydrogen) atoms. The van der Waals surface area contributed by atoms with Crippen LogP contribution in [0.3, 0.4) is 0 Å². The first-order valence-electron chi connectivity index (χ1n) is 23.5. The summed E-state index contributed by atoms with van der Waals surface area (Å²) in [5.74, 6) is 0. The number of hydrogen-bond acceptors (Lipinski definition) is 0. The topological polar surface area (TPSA) is 0 Å². The Morgan fingerprint density at radius 1 is 0.219 bits per heavy atom. The third-order valence-electron chi connectivity index (χ3n) is 16.8. The molecule has 12 rings (SSSR count). The van der Waals surface area contributed by atoms with E-state index in [2.05, 4.69) is 217 Å². The van der Waals surface area contributed by atoms with E-state index in [0.29, 0.717) is 0 Å². The fourth-order valence-corrected chi connectivity index (χ4v) is 13.0. The van der Waals surface area contributed by atoms with Crippen molar-refractivity contribution in [2.75, 3.05) is 0 Å². The van der Waals surface area contributed by atoms with Crippen LogP contribution < -0.4 is 0 Å². The van der Waals surface area contributed by atoms with Crippen LogP contribution in [0.1, 0.15) is 122 Å². The zero-order valence-electron chi connectivity index (χ0n) is 39.7. The molecule has 0 heterocycles. The first-order valence-corrected chi connectivity index (χ1v) is 23.5. The van der Waals surface area contributed by atoms with E-state index in [1.54, 1.807) is 0 Å². The Kier molecular flexibility index (Phi) is 7.83. The van der Waals surface area contributed by atoms with E-state index < -0.39 is 0 Å². The van der Waals surface area contributed by atoms with Gasteiger partial charge in [-0.25, -0.2) is 0 Å². The van der Waals surface area contributed by atoms with E-state index in [1.165, 1.54) is 145 Å². The fourth-order valence-electron chi connectivity index (χ4n) is 13.0. The van der Waals surface area contributed by atoms with Crippen LogP contribution in [0, 0.1) is 27.7 Å². The van der Waals surface area contributed by atoms with Gasteiger partial charge < -0.3 is 0 Å². The first kappa shape index (κ1) is 39.4. The molecule has 8 aromatic carbocycles. The predicted molar refractivity (Wildman–Crippen MR) is 272 cm³/mol. The lowest BCUT2D eigenvalue weighted by molar-refractivity contribution is 0.659. The summed E-state index contributed by atoms with van der Waals surface area (Å²) in [6, 6.07) is 52.4. The van der Waals surface area contributed by atoms with Gasteiger partial charge in [0.2, 0.25) is 0 Å². The van der Waals surface area contributed by atoms with Crippen LogP contribution in [-0.2, 0) is 21.7 Å². The highest BCUT2D eigenvalue weighted by molar-refractivity contribution is 5.93. The van der Waals surface area contributed by atoms with Crippen molar-refractivity contribution in [2.45, 2.75) is 105 Å². The van der Waals surface area contributed by atoms with Crippen LogP contribution in [0.2, 0.25) is 0 Å². The molecule has 4 aliphatic rings. The summed E-state index contributed by atoms with van der Waals surface area (Å²) in [5.41, 5.74) is 35.4. The van der Waals surface area contributed by atoms with Crippen LogP contribution in [0.25, 0.3) is 77.9 Å². The third-order valence-corrected chi connectivity index (χ3v) is 16.8. The number of hydrogen-bond donors (Lipinski definition) is 0. The highest BCUT2D eigenvalue weighted by atomic mass is 14.4. The molecule has 0 heteroatoms. The van der Waals surface area contributed by atoms with Gasteiger partial charge in [0.25, 0.3) is 0 Å². The number of fused-ring (bicyclic) bond motifs is 12. The largest absolute Gasteiger partial charge is 0.0619 e. The maximum atomic E-state index is 2.52. The molecule has 4 aliphatic carbocycles. The molecule has 0 fully saturated rings. The molecular formula is C64H58. The van der Waals surface area contributed by atoms with Crippen molar-refractivity contribution in [3.8, 4) is 77.9 Å². The van der Waals surface area contributed by atoms with Crippen molar-refractivity contribution < 1.29 is 0 Å². The molecule has 0 bridgehead atoms.